The highest BCUT2D eigenvalue weighted by Gasteiger charge is 2.28. The Labute approximate surface area is 148 Å². The first-order valence-electron chi connectivity index (χ1n) is 8.35. The van der Waals surface area contributed by atoms with Crippen molar-refractivity contribution < 1.29 is 15.0 Å². The van der Waals surface area contributed by atoms with Gasteiger partial charge in [-0.25, -0.2) is 0 Å². The summed E-state index contributed by atoms with van der Waals surface area (Å²) in [5, 5.41) is 18.9. The summed E-state index contributed by atoms with van der Waals surface area (Å²) in [6.45, 7) is 6.18. The molecule has 2 heterocycles. The van der Waals surface area contributed by atoms with Crippen LogP contribution in [0.1, 0.15) is 34.4 Å². The molecule has 0 bridgehead atoms. The summed E-state index contributed by atoms with van der Waals surface area (Å²) in [6, 6.07) is 7.66. The van der Waals surface area contributed by atoms with Gasteiger partial charge in [0.05, 0.1) is 31.0 Å². The number of hydrogen-bond acceptors (Lipinski definition) is 4. The molecule has 6 nitrogen and oxygen atoms in total. The molecular weight excluding hydrogens is 318 g/mol. The van der Waals surface area contributed by atoms with Crippen molar-refractivity contribution in [3.05, 3.63) is 53.1 Å². The van der Waals surface area contributed by atoms with E-state index in [-0.39, 0.29) is 25.7 Å². The molecule has 2 aromatic heterocycles. The van der Waals surface area contributed by atoms with Gasteiger partial charge in [0.25, 0.3) is 5.91 Å². The van der Waals surface area contributed by atoms with Gasteiger partial charge in [0.1, 0.15) is 0 Å². The highest BCUT2D eigenvalue weighted by molar-refractivity contribution is 5.95. The van der Waals surface area contributed by atoms with Crippen LogP contribution in [-0.2, 0) is 6.54 Å². The number of aryl methyl sites for hydroxylation is 1. The molecule has 0 saturated heterocycles. The van der Waals surface area contributed by atoms with Crippen LogP contribution in [0.5, 0.6) is 0 Å². The Hall–Kier alpha value is -2.18. The van der Waals surface area contributed by atoms with Crippen molar-refractivity contribution in [2.45, 2.75) is 27.3 Å². The van der Waals surface area contributed by atoms with Crippen molar-refractivity contribution in [1.82, 2.24) is 14.5 Å². The van der Waals surface area contributed by atoms with Crippen molar-refractivity contribution in [3.63, 3.8) is 0 Å². The third kappa shape index (κ3) is 4.27. The number of aliphatic hydroxyl groups is 2. The lowest BCUT2D eigenvalue weighted by Crippen LogP contribution is -2.41. The largest absolute Gasteiger partial charge is 0.396 e. The Morgan fingerprint density at radius 1 is 1.28 bits per heavy atom. The van der Waals surface area contributed by atoms with E-state index >= 15 is 0 Å². The molecule has 2 aromatic rings. The Morgan fingerprint density at radius 2 is 1.96 bits per heavy atom. The van der Waals surface area contributed by atoms with Gasteiger partial charge in [-0.1, -0.05) is 13.0 Å². The summed E-state index contributed by atoms with van der Waals surface area (Å²) in [4.78, 5) is 18.7. The quantitative estimate of drug-likeness (QED) is 0.799. The zero-order chi connectivity index (χ0) is 18.6. The number of carbonyl (C=O) groups is 1. The van der Waals surface area contributed by atoms with E-state index in [1.165, 1.54) is 0 Å². The molecule has 2 rings (SSSR count). The number of hydrogen-bond donors (Lipinski definition) is 2. The van der Waals surface area contributed by atoms with Gasteiger partial charge in [-0.15, -0.1) is 0 Å². The van der Waals surface area contributed by atoms with Crippen LogP contribution in [0.15, 0.2) is 30.5 Å². The summed E-state index contributed by atoms with van der Waals surface area (Å²) in [7, 11) is 1.69. The summed E-state index contributed by atoms with van der Waals surface area (Å²) >= 11 is 0. The van der Waals surface area contributed by atoms with Crippen LogP contribution in [-0.4, -0.2) is 57.4 Å². The van der Waals surface area contributed by atoms with Gasteiger partial charge < -0.3 is 19.7 Å². The zero-order valence-corrected chi connectivity index (χ0v) is 15.4. The number of pyridine rings is 1. The summed E-state index contributed by atoms with van der Waals surface area (Å²) in [5.74, 6) is -0.117. The van der Waals surface area contributed by atoms with Gasteiger partial charge >= 0.3 is 0 Å². The summed E-state index contributed by atoms with van der Waals surface area (Å²) < 4.78 is 2.07. The molecule has 0 radical (unpaired) electrons. The number of amides is 1. The Kier molecular flexibility index (Phi) is 5.98. The lowest BCUT2D eigenvalue weighted by Gasteiger charge is -2.30. The zero-order valence-electron chi connectivity index (χ0n) is 15.4. The highest BCUT2D eigenvalue weighted by atomic mass is 16.3. The molecule has 136 valence electrons. The van der Waals surface area contributed by atoms with Crippen molar-refractivity contribution in [1.29, 1.82) is 0 Å². The number of nitrogens with zero attached hydrogens (tertiary/aromatic N) is 3. The molecule has 0 aliphatic heterocycles. The van der Waals surface area contributed by atoms with Gasteiger partial charge in [0.2, 0.25) is 0 Å². The number of carbonyl (C=O) groups excluding carboxylic acids is 1. The molecule has 0 spiro atoms. The fourth-order valence-corrected chi connectivity index (χ4v) is 2.91. The van der Waals surface area contributed by atoms with Crippen LogP contribution >= 0.6 is 0 Å². The molecule has 0 unspecified atom stereocenters. The minimum atomic E-state index is -0.718. The van der Waals surface area contributed by atoms with E-state index in [0.29, 0.717) is 12.1 Å². The molecule has 2 N–H and O–H groups in total. The van der Waals surface area contributed by atoms with E-state index < -0.39 is 5.41 Å². The predicted molar refractivity (Wildman–Crippen MR) is 96.5 cm³/mol. The maximum Gasteiger partial charge on any atom is 0.255 e. The second-order valence-corrected chi connectivity index (χ2v) is 6.98. The van der Waals surface area contributed by atoms with Crippen LogP contribution in [0, 0.1) is 19.3 Å². The molecule has 0 saturated carbocycles. The van der Waals surface area contributed by atoms with Crippen molar-refractivity contribution in [2.75, 3.05) is 26.8 Å². The molecule has 25 heavy (non-hydrogen) atoms. The first-order chi connectivity index (χ1) is 11.8. The van der Waals surface area contributed by atoms with Gasteiger partial charge in [0.15, 0.2) is 0 Å². The SMILES string of the molecule is Cc1cc(C(=O)N(C)CC(C)(CO)CO)c(C)n1Cc1ccccn1. The minimum absolute atomic E-state index is 0.117. The smallest absolute Gasteiger partial charge is 0.255 e. The van der Waals surface area contributed by atoms with E-state index in [0.717, 1.165) is 17.1 Å². The molecule has 1 amide bonds. The number of rotatable bonds is 7. The van der Waals surface area contributed by atoms with E-state index in [9.17, 15) is 15.0 Å². The predicted octanol–water partition coefficient (Wildman–Crippen LogP) is 1.61. The Balaban J connectivity index is 2.22. The topological polar surface area (TPSA) is 78.6 Å². The van der Waals surface area contributed by atoms with E-state index in [1.54, 1.807) is 25.1 Å². The van der Waals surface area contributed by atoms with Crippen LogP contribution in [0.3, 0.4) is 0 Å². The summed E-state index contributed by atoms with van der Waals surface area (Å²) in [6.07, 6.45) is 1.76. The monoisotopic (exact) mass is 345 g/mol. The Bertz CT molecular complexity index is 721. The first-order valence-corrected chi connectivity index (χ1v) is 8.35. The third-order valence-electron chi connectivity index (χ3n) is 4.58. The van der Waals surface area contributed by atoms with Crippen molar-refractivity contribution in [3.8, 4) is 0 Å². The van der Waals surface area contributed by atoms with Gasteiger partial charge in [-0.2, -0.15) is 0 Å². The molecule has 0 fully saturated rings. The van der Waals surface area contributed by atoms with Crippen LogP contribution in [0.4, 0.5) is 0 Å². The maximum absolute atomic E-state index is 12.8. The van der Waals surface area contributed by atoms with Crippen LogP contribution in [0.25, 0.3) is 0 Å². The standard InChI is InChI=1S/C19H27N3O3/c1-14-9-17(18(25)21(4)11-19(3,12-23)13-24)15(2)22(14)10-16-7-5-6-8-20-16/h5-9,23-24H,10-13H2,1-4H3. The average Bonchev–Trinajstić information content (AvgIpc) is 2.90. The fourth-order valence-electron chi connectivity index (χ4n) is 2.91. The third-order valence-corrected chi connectivity index (χ3v) is 4.58. The minimum Gasteiger partial charge on any atom is -0.396 e. The second-order valence-electron chi connectivity index (χ2n) is 6.98. The van der Waals surface area contributed by atoms with E-state index in [1.807, 2.05) is 38.1 Å². The second kappa shape index (κ2) is 7.80. The van der Waals surface area contributed by atoms with E-state index in [4.69, 9.17) is 0 Å². The molecule has 0 atom stereocenters. The molecule has 0 aliphatic rings. The van der Waals surface area contributed by atoms with Crippen LogP contribution in [0.2, 0.25) is 0 Å². The highest BCUT2D eigenvalue weighted by Crippen LogP contribution is 2.21. The summed E-state index contributed by atoms with van der Waals surface area (Å²) in [5.41, 5.74) is 2.73. The number of aromatic nitrogens is 2. The van der Waals surface area contributed by atoms with Gasteiger partial charge in [-0.3, -0.25) is 9.78 Å². The number of aliphatic hydroxyl groups excluding tert-OH is 2. The average molecular weight is 345 g/mol. The maximum atomic E-state index is 12.8. The molecule has 6 heteroatoms. The van der Waals surface area contributed by atoms with E-state index in [2.05, 4.69) is 9.55 Å². The Morgan fingerprint density at radius 3 is 2.52 bits per heavy atom. The lowest BCUT2D eigenvalue weighted by molar-refractivity contribution is 0.0366. The first kappa shape index (κ1) is 19.1. The van der Waals surface area contributed by atoms with Gasteiger partial charge in [-0.05, 0) is 32.0 Å². The molecular formula is C19H27N3O3. The van der Waals surface area contributed by atoms with Gasteiger partial charge in [0, 0.05) is 36.6 Å². The van der Waals surface area contributed by atoms with Crippen LogP contribution < -0.4 is 0 Å². The van der Waals surface area contributed by atoms with Crippen molar-refractivity contribution in [2.24, 2.45) is 5.41 Å². The normalized spacial score (nSPS) is 11.6. The fraction of sp³-hybridized carbons (Fsp3) is 0.474. The molecule has 0 aromatic carbocycles. The lowest BCUT2D eigenvalue weighted by atomic mass is 9.92. The van der Waals surface area contributed by atoms with Crippen molar-refractivity contribution >= 4 is 5.91 Å². The molecule has 0 aliphatic carbocycles.